The Morgan fingerprint density at radius 1 is 1.03 bits per heavy atom. The maximum atomic E-state index is 12.4. The molecule has 0 radical (unpaired) electrons. The zero-order valence-electron chi connectivity index (χ0n) is 16.5. The lowest BCUT2D eigenvalue weighted by Crippen LogP contribution is -2.29. The highest BCUT2D eigenvalue weighted by atomic mass is 16.5. The fourth-order valence-corrected chi connectivity index (χ4v) is 2.68. The van der Waals surface area contributed by atoms with Gasteiger partial charge in [-0.25, -0.2) is 9.97 Å². The van der Waals surface area contributed by atoms with E-state index < -0.39 is 0 Å². The summed E-state index contributed by atoms with van der Waals surface area (Å²) in [6.07, 6.45) is 1.59. The monoisotopic (exact) mass is 392 g/mol. The van der Waals surface area contributed by atoms with Crippen LogP contribution in [-0.2, 0) is 6.54 Å². The average Bonchev–Trinajstić information content (AvgIpc) is 2.77. The molecule has 1 N–H and O–H groups in total. The lowest BCUT2D eigenvalue weighted by atomic mass is 10.2. The number of nitrogens with one attached hydrogen (secondary N) is 1. The van der Waals surface area contributed by atoms with E-state index in [4.69, 9.17) is 9.47 Å². The molecule has 2 aromatic carbocycles. The van der Waals surface area contributed by atoms with E-state index in [1.54, 1.807) is 19.4 Å². The first-order valence-electron chi connectivity index (χ1n) is 9.29. The third kappa shape index (κ3) is 5.93. The lowest BCUT2D eigenvalue weighted by molar-refractivity contribution is 0.0942. The number of nitrogens with zero attached hydrogens (tertiary/aromatic N) is 3. The molecule has 0 aliphatic rings. The Morgan fingerprint density at radius 2 is 1.76 bits per heavy atom. The van der Waals surface area contributed by atoms with Gasteiger partial charge in [-0.2, -0.15) is 0 Å². The quantitative estimate of drug-likeness (QED) is 0.564. The lowest BCUT2D eigenvalue weighted by Gasteiger charge is -2.17. The van der Waals surface area contributed by atoms with Crippen molar-refractivity contribution in [1.29, 1.82) is 0 Å². The minimum absolute atomic E-state index is 0.264. The topological polar surface area (TPSA) is 76.6 Å². The van der Waals surface area contributed by atoms with Crippen molar-refractivity contribution in [1.82, 2.24) is 15.3 Å². The summed E-state index contributed by atoms with van der Waals surface area (Å²) in [7, 11) is 3.51. The number of carbonyl (C=O) groups is 1. The van der Waals surface area contributed by atoms with E-state index in [2.05, 4.69) is 15.3 Å². The smallest absolute Gasteiger partial charge is 0.270 e. The molecule has 7 heteroatoms. The summed E-state index contributed by atoms with van der Waals surface area (Å²) in [5.41, 5.74) is 1.46. The first kappa shape index (κ1) is 20.1. The Labute approximate surface area is 170 Å². The fraction of sp³-hybridized carbons (Fsp3) is 0.227. The van der Waals surface area contributed by atoms with Crippen LogP contribution in [0.3, 0.4) is 0 Å². The van der Waals surface area contributed by atoms with Crippen LogP contribution < -0.4 is 19.7 Å². The van der Waals surface area contributed by atoms with Gasteiger partial charge >= 0.3 is 0 Å². The van der Waals surface area contributed by atoms with Gasteiger partial charge in [-0.05, 0) is 35.9 Å². The third-order valence-electron chi connectivity index (χ3n) is 4.20. The first-order chi connectivity index (χ1) is 14.2. The zero-order valence-corrected chi connectivity index (χ0v) is 16.5. The Hall–Kier alpha value is -3.61. The molecule has 3 aromatic rings. The highest BCUT2D eigenvalue weighted by Gasteiger charge is 2.11. The molecule has 3 rings (SSSR count). The molecule has 0 aliphatic carbocycles. The molecule has 0 unspecified atom stereocenters. The molecule has 1 heterocycles. The number of hydrogen-bond donors (Lipinski definition) is 1. The van der Waals surface area contributed by atoms with Crippen LogP contribution in [0.1, 0.15) is 16.1 Å². The molecule has 7 nitrogen and oxygen atoms in total. The zero-order chi connectivity index (χ0) is 20.5. The van der Waals surface area contributed by atoms with Gasteiger partial charge in [0.2, 0.25) is 5.95 Å². The van der Waals surface area contributed by atoms with Gasteiger partial charge in [0, 0.05) is 19.8 Å². The molecule has 0 atom stereocenters. The highest BCUT2D eigenvalue weighted by molar-refractivity contribution is 5.92. The summed E-state index contributed by atoms with van der Waals surface area (Å²) in [4.78, 5) is 22.9. The van der Waals surface area contributed by atoms with Crippen molar-refractivity contribution in [2.45, 2.75) is 6.54 Å². The van der Waals surface area contributed by atoms with Gasteiger partial charge in [0.05, 0.1) is 13.7 Å². The van der Waals surface area contributed by atoms with Gasteiger partial charge in [0.25, 0.3) is 5.91 Å². The van der Waals surface area contributed by atoms with E-state index in [9.17, 15) is 4.79 Å². The second-order valence-electron chi connectivity index (χ2n) is 6.36. The second kappa shape index (κ2) is 10.1. The van der Waals surface area contributed by atoms with Crippen molar-refractivity contribution in [3.63, 3.8) is 0 Å². The minimum atomic E-state index is -0.264. The van der Waals surface area contributed by atoms with Crippen LogP contribution in [0.2, 0.25) is 0 Å². The molecular weight excluding hydrogens is 368 g/mol. The standard InChI is InChI=1S/C22H24N4O3/c1-26(16-17-6-4-3-5-7-17)22-24-13-12-20(25-22)21(27)23-14-15-29-19-10-8-18(28-2)9-11-19/h3-13H,14-16H2,1-2H3,(H,23,27). The minimum Gasteiger partial charge on any atom is -0.497 e. The van der Waals surface area contributed by atoms with Crippen LogP contribution in [0.4, 0.5) is 5.95 Å². The fourth-order valence-electron chi connectivity index (χ4n) is 2.68. The van der Waals surface area contributed by atoms with Gasteiger partial charge in [-0.3, -0.25) is 4.79 Å². The Kier molecular flexibility index (Phi) is 7.00. The maximum Gasteiger partial charge on any atom is 0.270 e. The number of aromatic nitrogens is 2. The molecule has 150 valence electrons. The van der Waals surface area contributed by atoms with Crippen molar-refractivity contribution >= 4 is 11.9 Å². The maximum absolute atomic E-state index is 12.4. The highest BCUT2D eigenvalue weighted by Crippen LogP contribution is 2.16. The normalized spacial score (nSPS) is 10.3. The van der Waals surface area contributed by atoms with Gasteiger partial charge in [-0.1, -0.05) is 30.3 Å². The van der Waals surface area contributed by atoms with Crippen molar-refractivity contribution in [2.24, 2.45) is 0 Å². The number of carbonyl (C=O) groups excluding carboxylic acids is 1. The van der Waals surface area contributed by atoms with Crippen molar-refractivity contribution in [3.05, 3.63) is 78.1 Å². The van der Waals surface area contributed by atoms with Crippen LogP contribution >= 0.6 is 0 Å². The summed E-state index contributed by atoms with van der Waals surface area (Å²) in [5, 5.41) is 2.81. The van der Waals surface area contributed by atoms with E-state index in [0.717, 1.165) is 11.3 Å². The number of hydrogen-bond acceptors (Lipinski definition) is 6. The number of rotatable bonds is 9. The molecular formula is C22H24N4O3. The number of benzene rings is 2. The van der Waals surface area contributed by atoms with Gasteiger partial charge in [0.1, 0.15) is 23.8 Å². The average molecular weight is 392 g/mol. The number of methoxy groups -OCH3 is 1. The second-order valence-corrected chi connectivity index (χ2v) is 6.36. The van der Waals surface area contributed by atoms with Gasteiger partial charge in [-0.15, -0.1) is 0 Å². The number of amides is 1. The van der Waals surface area contributed by atoms with Crippen LogP contribution in [0, 0.1) is 0 Å². The molecule has 0 saturated carbocycles. The van der Waals surface area contributed by atoms with Crippen LogP contribution in [0.15, 0.2) is 66.9 Å². The predicted octanol–water partition coefficient (Wildman–Crippen LogP) is 2.93. The molecule has 0 aliphatic heterocycles. The van der Waals surface area contributed by atoms with E-state index >= 15 is 0 Å². The summed E-state index contributed by atoms with van der Waals surface area (Å²) in [5.74, 6) is 1.71. The van der Waals surface area contributed by atoms with Crippen molar-refractivity contribution in [2.75, 3.05) is 32.2 Å². The first-order valence-corrected chi connectivity index (χ1v) is 9.29. The Bertz CT molecular complexity index is 917. The van der Waals surface area contributed by atoms with E-state index in [0.29, 0.717) is 37.1 Å². The van der Waals surface area contributed by atoms with E-state index in [1.165, 1.54) is 0 Å². The summed E-state index contributed by atoms with van der Waals surface area (Å²) in [6.45, 7) is 1.37. The molecule has 0 saturated heterocycles. The van der Waals surface area contributed by atoms with Gasteiger partial charge < -0.3 is 19.7 Å². The molecule has 0 bridgehead atoms. The number of anilines is 1. The molecule has 0 fully saturated rings. The predicted molar refractivity (Wildman–Crippen MR) is 111 cm³/mol. The van der Waals surface area contributed by atoms with E-state index in [-0.39, 0.29) is 5.91 Å². The SMILES string of the molecule is COc1ccc(OCCNC(=O)c2ccnc(N(C)Cc3ccccc3)n2)cc1. The Morgan fingerprint density at radius 3 is 2.48 bits per heavy atom. The van der Waals surface area contributed by atoms with Crippen LogP contribution in [0.25, 0.3) is 0 Å². The molecule has 1 aromatic heterocycles. The molecule has 1 amide bonds. The summed E-state index contributed by atoms with van der Waals surface area (Å²) >= 11 is 0. The third-order valence-corrected chi connectivity index (χ3v) is 4.20. The van der Waals surface area contributed by atoms with Gasteiger partial charge in [0.15, 0.2) is 0 Å². The molecule has 29 heavy (non-hydrogen) atoms. The Balaban J connectivity index is 1.49. The van der Waals surface area contributed by atoms with Crippen molar-refractivity contribution < 1.29 is 14.3 Å². The summed E-state index contributed by atoms with van der Waals surface area (Å²) < 4.78 is 10.7. The van der Waals surface area contributed by atoms with Crippen LogP contribution in [0.5, 0.6) is 11.5 Å². The largest absolute Gasteiger partial charge is 0.497 e. The number of ether oxygens (including phenoxy) is 2. The van der Waals surface area contributed by atoms with E-state index in [1.807, 2.05) is 66.5 Å². The van der Waals surface area contributed by atoms with Crippen LogP contribution in [-0.4, -0.2) is 43.2 Å². The molecule has 0 spiro atoms. The summed E-state index contributed by atoms with van der Waals surface area (Å²) in [6, 6.07) is 18.9. The van der Waals surface area contributed by atoms with Crippen molar-refractivity contribution in [3.8, 4) is 11.5 Å².